The number of aryl methyl sites for hydroxylation is 1. The van der Waals surface area contributed by atoms with E-state index in [1.807, 2.05) is 19.1 Å². The number of halogens is 3. The van der Waals surface area contributed by atoms with Crippen LogP contribution < -0.4 is 10.1 Å². The molecular formula is C17H16Cl3NO2. The van der Waals surface area contributed by atoms with Crippen LogP contribution in [0.4, 0.5) is 5.69 Å². The fourth-order valence-electron chi connectivity index (χ4n) is 1.99. The summed E-state index contributed by atoms with van der Waals surface area (Å²) in [5.41, 5.74) is 1.52. The summed E-state index contributed by atoms with van der Waals surface area (Å²) < 4.78 is 5.65. The number of anilines is 1. The van der Waals surface area contributed by atoms with Crippen molar-refractivity contribution in [2.24, 2.45) is 0 Å². The molecule has 0 fully saturated rings. The Balaban J connectivity index is 1.76. The van der Waals surface area contributed by atoms with Gasteiger partial charge in [0.1, 0.15) is 5.75 Å². The molecule has 0 radical (unpaired) electrons. The minimum atomic E-state index is -0.120. The van der Waals surface area contributed by atoms with Gasteiger partial charge in [-0.3, -0.25) is 4.79 Å². The van der Waals surface area contributed by atoms with Crippen molar-refractivity contribution >= 4 is 46.4 Å². The third-order valence-electron chi connectivity index (χ3n) is 3.15. The topological polar surface area (TPSA) is 38.3 Å². The van der Waals surface area contributed by atoms with Gasteiger partial charge in [0, 0.05) is 16.5 Å². The zero-order valence-corrected chi connectivity index (χ0v) is 14.8. The normalized spacial score (nSPS) is 10.4. The van der Waals surface area contributed by atoms with Crippen molar-refractivity contribution in [1.29, 1.82) is 0 Å². The van der Waals surface area contributed by atoms with Crippen molar-refractivity contribution in [2.75, 3.05) is 11.9 Å². The Bertz CT molecular complexity index is 704. The van der Waals surface area contributed by atoms with Crippen molar-refractivity contribution in [3.8, 4) is 5.75 Å². The number of ether oxygens (including phenoxy) is 1. The minimum Gasteiger partial charge on any atom is -0.493 e. The molecule has 1 amide bonds. The van der Waals surface area contributed by atoms with Crippen LogP contribution in [0.2, 0.25) is 15.1 Å². The van der Waals surface area contributed by atoms with Gasteiger partial charge in [0.25, 0.3) is 0 Å². The predicted molar refractivity (Wildman–Crippen MR) is 96.0 cm³/mol. The van der Waals surface area contributed by atoms with Crippen LogP contribution in [0.3, 0.4) is 0 Å². The lowest BCUT2D eigenvalue weighted by atomic mass is 10.2. The molecule has 0 aliphatic carbocycles. The van der Waals surface area contributed by atoms with Gasteiger partial charge in [-0.05, 0) is 55.3 Å². The molecule has 0 aliphatic rings. The molecule has 3 nitrogen and oxygen atoms in total. The van der Waals surface area contributed by atoms with E-state index in [0.717, 1.165) is 11.3 Å². The third kappa shape index (κ3) is 5.61. The molecule has 0 saturated heterocycles. The molecule has 0 spiro atoms. The Labute approximate surface area is 150 Å². The maximum atomic E-state index is 11.9. The summed E-state index contributed by atoms with van der Waals surface area (Å²) >= 11 is 17.7. The highest BCUT2D eigenvalue weighted by Gasteiger charge is 2.07. The summed E-state index contributed by atoms with van der Waals surface area (Å²) in [7, 11) is 0. The molecule has 0 bridgehead atoms. The van der Waals surface area contributed by atoms with Crippen molar-refractivity contribution in [2.45, 2.75) is 19.8 Å². The second kappa shape index (κ2) is 8.44. The number of rotatable bonds is 6. The molecule has 0 unspecified atom stereocenters. The smallest absolute Gasteiger partial charge is 0.224 e. The highest BCUT2D eigenvalue weighted by atomic mass is 35.5. The van der Waals surface area contributed by atoms with Crippen molar-refractivity contribution in [3.63, 3.8) is 0 Å². The second-order valence-electron chi connectivity index (χ2n) is 5.03. The number of hydrogen-bond donors (Lipinski definition) is 1. The van der Waals surface area contributed by atoms with E-state index in [9.17, 15) is 4.79 Å². The van der Waals surface area contributed by atoms with Gasteiger partial charge in [-0.25, -0.2) is 0 Å². The first kappa shape index (κ1) is 17.9. The maximum absolute atomic E-state index is 11.9. The summed E-state index contributed by atoms with van der Waals surface area (Å²) in [6, 6.07) is 10.4. The SMILES string of the molecule is Cc1cc(Cl)ccc1OCCCC(=O)Nc1ccc(Cl)cc1Cl. The van der Waals surface area contributed by atoms with E-state index in [1.54, 1.807) is 24.3 Å². The van der Waals surface area contributed by atoms with E-state index in [-0.39, 0.29) is 5.91 Å². The Morgan fingerprint density at radius 2 is 1.78 bits per heavy atom. The van der Waals surface area contributed by atoms with Gasteiger partial charge in [-0.15, -0.1) is 0 Å². The Hall–Kier alpha value is -1.42. The molecule has 1 N–H and O–H groups in total. The van der Waals surface area contributed by atoms with Crippen LogP contribution in [-0.2, 0) is 4.79 Å². The second-order valence-corrected chi connectivity index (χ2v) is 6.31. The van der Waals surface area contributed by atoms with Crippen LogP contribution in [0.5, 0.6) is 5.75 Å². The summed E-state index contributed by atoms with van der Waals surface area (Å²) in [6.07, 6.45) is 0.935. The third-order valence-corrected chi connectivity index (χ3v) is 3.93. The summed E-state index contributed by atoms with van der Waals surface area (Å²) in [4.78, 5) is 11.9. The first-order chi connectivity index (χ1) is 11.0. The fourth-order valence-corrected chi connectivity index (χ4v) is 2.68. The summed E-state index contributed by atoms with van der Waals surface area (Å²) in [6.45, 7) is 2.38. The quantitative estimate of drug-likeness (QED) is 0.655. The van der Waals surface area contributed by atoms with Gasteiger partial charge in [0.2, 0.25) is 5.91 Å². The Kier molecular flexibility index (Phi) is 6.58. The van der Waals surface area contributed by atoms with Crippen molar-refractivity contribution in [1.82, 2.24) is 0 Å². The first-order valence-corrected chi connectivity index (χ1v) is 8.23. The molecule has 0 aromatic heterocycles. The molecule has 23 heavy (non-hydrogen) atoms. The summed E-state index contributed by atoms with van der Waals surface area (Å²) in [5, 5.41) is 4.37. The van der Waals surface area contributed by atoms with Gasteiger partial charge < -0.3 is 10.1 Å². The number of amides is 1. The van der Waals surface area contributed by atoms with E-state index < -0.39 is 0 Å². The monoisotopic (exact) mass is 371 g/mol. The van der Waals surface area contributed by atoms with E-state index in [0.29, 0.717) is 40.2 Å². The van der Waals surface area contributed by atoms with Gasteiger partial charge in [0.05, 0.1) is 17.3 Å². The lowest BCUT2D eigenvalue weighted by Gasteiger charge is -2.10. The molecule has 6 heteroatoms. The highest BCUT2D eigenvalue weighted by Crippen LogP contribution is 2.25. The van der Waals surface area contributed by atoms with Gasteiger partial charge in [-0.1, -0.05) is 34.8 Å². The van der Waals surface area contributed by atoms with Crippen LogP contribution in [0, 0.1) is 6.92 Å². The van der Waals surface area contributed by atoms with Crippen molar-refractivity contribution in [3.05, 3.63) is 57.0 Å². The molecule has 0 aliphatic heterocycles. The van der Waals surface area contributed by atoms with Gasteiger partial charge in [0.15, 0.2) is 0 Å². The zero-order valence-electron chi connectivity index (χ0n) is 12.5. The molecule has 0 heterocycles. The predicted octanol–water partition coefficient (Wildman–Crippen LogP) is 5.75. The Morgan fingerprint density at radius 1 is 1.09 bits per heavy atom. The molecule has 2 aromatic carbocycles. The number of hydrogen-bond acceptors (Lipinski definition) is 2. The first-order valence-electron chi connectivity index (χ1n) is 7.09. The standard InChI is InChI=1S/C17H16Cl3NO2/c1-11-9-12(18)5-7-16(11)23-8-2-3-17(22)21-15-6-4-13(19)10-14(15)20/h4-7,9-10H,2-3,8H2,1H3,(H,21,22). The highest BCUT2D eigenvalue weighted by molar-refractivity contribution is 6.36. The lowest BCUT2D eigenvalue weighted by molar-refractivity contribution is -0.116. The van der Waals surface area contributed by atoms with Gasteiger partial charge in [-0.2, -0.15) is 0 Å². The van der Waals surface area contributed by atoms with E-state index >= 15 is 0 Å². The van der Waals surface area contributed by atoms with Crippen LogP contribution in [-0.4, -0.2) is 12.5 Å². The van der Waals surface area contributed by atoms with Crippen molar-refractivity contribution < 1.29 is 9.53 Å². The van der Waals surface area contributed by atoms with E-state index in [4.69, 9.17) is 39.5 Å². The zero-order chi connectivity index (χ0) is 16.8. The average Bonchev–Trinajstić information content (AvgIpc) is 2.48. The van der Waals surface area contributed by atoms with Gasteiger partial charge >= 0.3 is 0 Å². The molecule has 2 aromatic rings. The molecule has 2 rings (SSSR count). The number of carbonyl (C=O) groups is 1. The lowest BCUT2D eigenvalue weighted by Crippen LogP contribution is -2.13. The summed E-state index contributed by atoms with van der Waals surface area (Å²) in [5.74, 6) is 0.654. The fraction of sp³-hybridized carbons (Fsp3) is 0.235. The number of benzene rings is 2. The maximum Gasteiger partial charge on any atom is 0.224 e. The Morgan fingerprint density at radius 3 is 2.48 bits per heavy atom. The van der Waals surface area contributed by atoms with Crippen LogP contribution in [0.15, 0.2) is 36.4 Å². The van der Waals surface area contributed by atoms with E-state index in [2.05, 4.69) is 5.32 Å². The molecule has 0 atom stereocenters. The van der Waals surface area contributed by atoms with Crippen LogP contribution in [0.1, 0.15) is 18.4 Å². The molecular weight excluding hydrogens is 357 g/mol. The number of nitrogens with one attached hydrogen (secondary N) is 1. The van der Waals surface area contributed by atoms with Crippen LogP contribution >= 0.6 is 34.8 Å². The minimum absolute atomic E-state index is 0.120. The average molecular weight is 373 g/mol. The van der Waals surface area contributed by atoms with E-state index in [1.165, 1.54) is 0 Å². The number of carbonyl (C=O) groups excluding carboxylic acids is 1. The largest absolute Gasteiger partial charge is 0.493 e. The molecule has 0 saturated carbocycles. The molecule has 122 valence electrons. The van der Waals surface area contributed by atoms with Crippen LogP contribution in [0.25, 0.3) is 0 Å².